The minimum Gasteiger partial charge on any atom is -0.363 e. The lowest BCUT2D eigenvalue weighted by atomic mass is 10.1. The van der Waals surface area contributed by atoms with Crippen molar-refractivity contribution in [2.45, 2.75) is 13.0 Å². The second kappa shape index (κ2) is 6.52. The van der Waals surface area contributed by atoms with Gasteiger partial charge in [-0.15, -0.1) is 23.7 Å². The summed E-state index contributed by atoms with van der Waals surface area (Å²) >= 11 is 5.11. The lowest BCUT2D eigenvalue weighted by molar-refractivity contribution is 0.876. The van der Waals surface area contributed by atoms with E-state index in [1.54, 1.807) is 17.7 Å². The van der Waals surface area contributed by atoms with Crippen LogP contribution in [0, 0.1) is 0 Å². The number of rotatable bonds is 3. The van der Waals surface area contributed by atoms with Crippen molar-refractivity contribution in [2.24, 2.45) is 0 Å². The number of benzene rings is 1. The van der Waals surface area contributed by atoms with Gasteiger partial charge >= 0.3 is 0 Å². The van der Waals surface area contributed by atoms with Crippen LogP contribution in [0.3, 0.4) is 0 Å². The Bertz CT molecular complexity index is 702. The molecule has 20 heavy (non-hydrogen) atoms. The van der Waals surface area contributed by atoms with Gasteiger partial charge in [-0.1, -0.05) is 30.3 Å². The minimum absolute atomic E-state index is 0. The number of anilines is 1. The summed E-state index contributed by atoms with van der Waals surface area (Å²) in [7, 11) is 0. The van der Waals surface area contributed by atoms with Crippen LogP contribution in [0.2, 0.25) is 0 Å². The maximum absolute atomic E-state index is 4.35. The number of nitrogens with one attached hydrogen (secondary N) is 1. The van der Waals surface area contributed by atoms with Gasteiger partial charge < -0.3 is 5.32 Å². The van der Waals surface area contributed by atoms with Crippen molar-refractivity contribution in [3.8, 4) is 0 Å². The molecule has 0 aliphatic rings. The first-order valence-electron chi connectivity index (χ1n) is 5.95. The molecular weight excluding hydrogens is 358 g/mol. The Morgan fingerprint density at radius 1 is 1.20 bits per heavy atom. The summed E-state index contributed by atoms with van der Waals surface area (Å²) in [6.45, 7) is 2.13. The SMILES string of the molecule is C[C@@H](Nc1ncnc2sc(Br)cc12)c1ccccc1.Cl. The van der Waals surface area contributed by atoms with Crippen molar-refractivity contribution in [1.82, 2.24) is 9.97 Å². The standard InChI is InChI=1S/C14H12BrN3S.ClH/c1-9(10-5-3-2-4-6-10)18-13-11-7-12(15)19-14(11)17-8-16-13;/h2-9H,1H3,(H,16,17,18);1H/t9-;/m1./s1. The highest BCUT2D eigenvalue weighted by atomic mass is 79.9. The van der Waals surface area contributed by atoms with Gasteiger partial charge in [0.15, 0.2) is 0 Å². The van der Waals surface area contributed by atoms with E-state index in [-0.39, 0.29) is 18.4 Å². The number of aromatic nitrogens is 2. The van der Waals surface area contributed by atoms with E-state index in [1.165, 1.54) is 5.56 Å². The van der Waals surface area contributed by atoms with Gasteiger partial charge in [0, 0.05) is 6.04 Å². The second-order valence-electron chi connectivity index (χ2n) is 4.27. The van der Waals surface area contributed by atoms with Gasteiger partial charge in [0.2, 0.25) is 0 Å². The van der Waals surface area contributed by atoms with Gasteiger partial charge in [0.1, 0.15) is 17.0 Å². The van der Waals surface area contributed by atoms with Crippen molar-refractivity contribution < 1.29 is 0 Å². The third kappa shape index (κ3) is 3.11. The monoisotopic (exact) mass is 369 g/mol. The lowest BCUT2D eigenvalue weighted by Gasteiger charge is -2.15. The fourth-order valence-electron chi connectivity index (χ4n) is 1.97. The number of hydrogen-bond donors (Lipinski definition) is 1. The Morgan fingerprint density at radius 2 is 1.95 bits per heavy atom. The Labute approximate surface area is 136 Å². The van der Waals surface area contributed by atoms with Crippen molar-refractivity contribution in [3.05, 3.63) is 52.1 Å². The van der Waals surface area contributed by atoms with E-state index in [0.717, 1.165) is 19.8 Å². The normalized spacial score (nSPS) is 11.9. The number of fused-ring (bicyclic) bond motifs is 1. The van der Waals surface area contributed by atoms with E-state index in [9.17, 15) is 0 Å². The predicted molar refractivity (Wildman–Crippen MR) is 90.8 cm³/mol. The first kappa shape index (κ1) is 15.2. The van der Waals surface area contributed by atoms with Gasteiger partial charge in [-0.2, -0.15) is 0 Å². The van der Waals surface area contributed by atoms with Crippen LogP contribution in [0.1, 0.15) is 18.5 Å². The molecule has 1 N–H and O–H groups in total. The molecular formula is C14H13BrClN3S. The van der Waals surface area contributed by atoms with E-state index in [2.05, 4.69) is 56.3 Å². The Morgan fingerprint density at radius 3 is 2.70 bits per heavy atom. The predicted octanol–water partition coefficient (Wildman–Crippen LogP) is 5.05. The molecule has 0 fully saturated rings. The molecule has 2 aromatic heterocycles. The van der Waals surface area contributed by atoms with E-state index < -0.39 is 0 Å². The Kier molecular flexibility index (Phi) is 4.96. The summed E-state index contributed by atoms with van der Waals surface area (Å²) in [5.41, 5.74) is 1.24. The summed E-state index contributed by atoms with van der Waals surface area (Å²) in [6.07, 6.45) is 1.60. The van der Waals surface area contributed by atoms with Crippen LogP contribution in [0.15, 0.2) is 46.5 Å². The smallest absolute Gasteiger partial charge is 0.138 e. The fourth-order valence-corrected chi connectivity index (χ4v) is 3.39. The van der Waals surface area contributed by atoms with Crippen molar-refractivity contribution in [3.63, 3.8) is 0 Å². The Hall–Kier alpha value is -1.17. The number of thiophene rings is 1. The molecule has 1 atom stereocenters. The quantitative estimate of drug-likeness (QED) is 0.701. The number of nitrogens with zero attached hydrogens (tertiary/aromatic N) is 2. The third-order valence-electron chi connectivity index (χ3n) is 2.95. The van der Waals surface area contributed by atoms with Crippen molar-refractivity contribution in [1.29, 1.82) is 0 Å². The lowest BCUT2D eigenvalue weighted by Crippen LogP contribution is -2.08. The van der Waals surface area contributed by atoms with E-state index in [4.69, 9.17) is 0 Å². The second-order valence-corrected chi connectivity index (χ2v) is 6.68. The molecule has 0 amide bonds. The maximum Gasteiger partial charge on any atom is 0.138 e. The van der Waals surface area contributed by atoms with Crippen LogP contribution in [-0.2, 0) is 0 Å². The highest BCUT2D eigenvalue weighted by molar-refractivity contribution is 9.11. The molecule has 3 rings (SSSR count). The van der Waals surface area contributed by atoms with Crippen LogP contribution in [0.5, 0.6) is 0 Å². The first-order valence-corrected chi connectivity index (χ1v) is 7.56. The molecule has 0 radical (unpaired) electrons. The van der Waals surface area contributed by atoms with Crippen molar-refractivity contribution >= 4 is 55.7 Å². The van der Waals surface area contributed by atoms with Crippen LogP contribution in [-0.4, -0.2) is 9.97 Å². The fraction of sp³-hybridized carbons (Fsp3) is 0.143. The molecule has 0 aliphatic carbocycles. The molecule has 0 saturated carbocycles. The first-order chi connectivity index (χ1) is 9.24. The van der Waals surface area contributed by atoms with Gasteiger partial charge in [0.05, 0.1) is 9.17 Å². The average molecular weight is 371 g/mol. The molecule has 104 valence electrons. The zero-order chi connectivity index (χ0) is 13.2. The van der Waals surface area contributed by atoms with Crippen LogP contribution >= 0.6 is 39.7 Å². The molecule has 0 bridgehead atoms. The van der Waals surface area contributed by atoms with E-state index >= 15 is 0 Å². The molecule has 6 heteroatoms. The topological polar surface area (TPSA) is 37.8 Å². The number of halogens is 2. The largest absolute Gasteiger partial charge is 0.363 e. The molecule has 0 unspecified atom stereocenters. The summed E-state index contributed by atoms with van der Waals surface area (Å²) in [6, 6.07) is 12.6. The summed E-state index contributed by atoms with van der Waals surface area (Å²) < 4.78 is 1.07. The average Bonchev–Trinajstić information content (AvgIpc) is 2.81. The van der Waals surface area contributed by atoms with Crippen LogP contribution in [0.25, 0.3) is 10.2 Å². The summed E-state index contributed by atoms with van der Waals surface area (Å²) in [5, 5.41) is 4.51. The molecule has 3 aromatic rings. The summed E-state index contributed by atoms with van der Waals surface area (Å²) in [5.74, 6) is 0.878. The summed E-state index contributed by atoms with van der Waals surface area (Å²) in [4.78, 5) is 9.62. The van der Waals surface area contributed by atoms with Crippen LogP contribution < -0.4 is 5.32 Å². The Balaban J connectivity index is 0.00000147. The van der Waals surface area contributed by atoms with Gasteiger partial charge in [0.25, 0.3) is 0 Å². The maximum atomic E-state index is 4.35. The van der Waals surface area contributed by atoms with Crippen LogP contribution in [0.4, 0.5) is 5.82 Å². The molecule has 0 saturated heterocycles. The van der Waals surface area contributed by atoms with Gasteiger partial charge in [-0.3, -0.25) is 0 Å². The highest BCUT2D eigenvalue weighted by Crippen LogP contribution is 2.32. The number of hydrogen-bond acceptors (Lipinski definition) is 4. The molecule has 0 aliphatic heterocycles. The zero-order valence-electron chi connectivity index (χ0n) is 10.7. The zero-order valence-corrected chi connectivity index (χ0v) is 13.9. The highest BCUT2D eigenvalue weighted by Gasteiger charge is 2.10. The minimum atomic E-state index is 0. The third-order valence-corrected chi connectivity index (χ3v) is 4.50. The molecule has 1 aromatic carbocycles. The van der Waals surface area contributed by atoms with Gasteiger partial charge in [-0.05, 0) is 34.5 Å². The van der Waals surface area contributed by atoms with E-state index in [1.807, 2.05) is 18.2 Å². The van der Waals surface area contributed by atoms with Crippen molar-refractivity contribution in [2.75, 3.05) is 5.32 Å². The van der Waals surface area contributed by atoms with Gasteiger partial charge in [-0.25, -0.2) is 9.97 Å². The van der Waals surface area contributed by atoms with E-state index in [0.29, 0.717) is 0 Å². The molecule has 3 nitrogen and oxygen atoms in total. The molecule has 2 heterocycles. The molecule has 0 spiro atoms.